The van der Waals surface area contributed by atoms with E-state index in [1.54, 1.807) is 0 Å². The topological polar surface area (TPSA) is 24.9 Å². The van der Waals surface area contributed by atoms with Crippen LogP contribution in [-0.4, -0.2) is 11.5 Å². The van der Waals surface area contributed by atoms with Crippen molar-refractivity contribution < 1.29 is 0 Å². The number of nitrogens with one attached hydrogen (secondary N) is 1. The Balaban J connectivity index is 1.58. The van der Waals surface area contributed by atoms with Gasteiger partial charge in [0.15, 0.2) is 0 Å². The molecule has 0 radical (unpaired) electrons. The van der Waals surface area contributed by atoms with Gasteiger partial charge in [-0.2, -0.15) is 0 Å². The van der Waals surface area contributed by atoms with Gasteiger partial charge in [-0.05, 0) is 37.0 Å². The van der Waals surface area contributed by atoms with Gasteiger partial charge in [0, 0.05) is 11.9 Å². The number of aryl methyl sites for hydroxylation is 1. The number of nitrogens with zero attached hydrogens (tertiary/aromatic N) is 1. The zero-order valence-electron chi connectivity index (χ0n) is 13.2. The third-order valence-corrected chi connectivity index (χ3v) is 4.14. The molecule has 112 valence electrons. The van der Waals surface area contributed by atoms with Crippen LogP contribution in [0.25, 0.3) is 10.9 Å². The summed E-state index contributed by atoms with van der Waals surface area (Å²) in [4.78, 5) is 4.48. The van der Waals surface area contributed by atoms with Crippen molar-refractivity contribution in [3.63, 3.8) is 0 Å². The second-order valence-corrected chi connectivity index (χ2v) is 5.94. The number of hydrogen-bond donors (Lipinski definition) is 1. The van der Waals surface area contributed by atoms with Crippen LogP contribution in [0.5, 0.6) is 0 Å². The van der Waals surface area contributed by atoms with E-state index in [0.717, 1.165) is 24.2 Å². The quantitative estimate of drug-likeness (QED) is 0.703. The number of pyridine rings is 1. The lowest BCUT2D eigenvalue weighted by atomic mass is 9.97. The molecule has 3 rings (SSSR count). The van der Waals surface area contributed by atoms with Gasteiger partial charge in [0.2, 0.25) is 0 Å². The number of fused-ring (bicyclic) bond motifs is 1. The Labute approximate surface area is 132 Å². The summed E-state index contributed by atoms with van der Waals surface area (Å²) >= 11 is 0. The fourth-order valence-electron chi connectivity index (χ4n) is 2.66. The van der Waals surface area contributed by atoms with Crippen LogP contribution in [0, 0.1) is 6.92 Å². The van der Waals surface area contributed by atoms with E-state index in [9.17, 15) is 0 Å². The second kappa shape index (κ2) is 6.61. The highest BCUT2D eigenvalue weighted by atomic mass is 14.9. The predicted octanol–water partition coefficient (Wildman–Crippen LogP) is 5.15. The minimum atomic E-state index is 0.557. The van der Waals surface area contributed by atoms with Gasteiger partial charge in [0.1, 0.15) is 0 Å². The van der Waals surface area contributed by atoms with E-state index in [-0.39, 0.29) is 0 Å². The Kier molecular flexibility index (Phi) is 4.38. The van der Waals surface area contributed by atoms with Crippen LogP contribution in [0.4, 0.5) is 5.69 Å². The Morgan fingerprint density at radius 2 is 1.82 bits per heavy atom. The summed E-state index contributed by atoms with van der Waals surface area (Å²) in [5.74, 6) is 0.557. The largest absolute Gasteiger partial charge is 0.384 e. The highest BCUT2D eigenvalue weighted by Gasteiger charge is 2.05. The molecule has 0 saturated heterocycles. The first-order valence-corrected chi connectivity index (χ1v) is 7.87. The van der Waals surface area contributed by atoms with E-state index in [1.807, 2.05) is 24.4 Å². The van der Waals surface area contributed by atoms with Crippen LogP contribution >= 0.6 is 0 Å². The fourth-order valence-corrected chi connectivity index (χ4v) is 2.66. The molecule has 1 atom stereocenters. The molecule has 0 fully saturated rings. The van der Waals surface area contributed by atoms with Crippen LogP contribution in [0.3, 0.4) is 0 Å². The first-order valence-electron chi connectivity index (χ1n) is 7.87. The first-order chi connectivity index (χ1) is 10.7. The number of hydrogen-bond acceptors (Lipinski definition) is 2. The van der Waals surface area contributed by atoms with Crippen molar-refractivity contribution in [3.05, 3.63) is 71.9 Å². The lowest BCUT2D eigenvalue weighted by molar-refractivity contribution is 0.706. The number of benzene rings is 2. The van der Waals surface area contributed by atoms with Crippen LogP contribution in [0.1, 0.15) is 30.4 Å². The minimum Gasteiger partial charge on any atom is -0.384 e. The van der Waals surface area contributed by atoms with Gasteiger partial charge in [-0.1, -0.05) is 55.0 Å². The predicted molar refractivity (Wildman–Crippen MR) is 94.4 cm³/mol. The van der Waals surface area contributed by atoms with Gasteiger partial charge in [-0.3, -0.25) is 4.98 Å². The molecular weight excluding hydrogens is 268 g/mol. The average molecular weight is 290 g/mol. The highest BCUT2D eigenvalue weighted by Crippen LogP contribution is 2.20. The summed E-state index contributed by atoms with van der Waals surface area (Å²) in [6, 6.07) is 19.2. The Morgan fingerprint density at radius 3 is 2.64 bits per heavy atom. The van der Waals surface area contributed by atoms with E-state index in [4.69, 9.17) is 0 Å². The van der Waals surface area contributed by atoms with Gasteiger partial charge in [-0.15, -0.1) is 0 Å². The summed E-state index contributed by atoms with van der Waals surface area (Å²) < 4.78 is 0. The lowest BCUT2D eigenvalue weighted by Crippen LogP contribution is -2.06. The van der Waals surface area contributed by atoms with Gasteiger partial charge in [-0.25, -0.2) is 0 Å². The van der Waals surface area contributed by atoms with E-state index in [2.05, 4.69) is 60.5 Å². The van der Waals surface area contributed by atoms with Crippen molar-refractivity contribution in [1.82, 2.24) is 4.98 Å². The van der Waals surface area contributed by atoms with E-state index < -0.39 is 0 Å². The van der Waals surface area contributed by atoms with Crippen molar-refractivity contribution in [2.45, 2.75) is 26.2 Å². The zero-order chi connectivity index (χ0) is 15.4. The summed E-state index contributed by atoms with van der Waals surface area (Å²) in [7, 11) is 0. The first kappa shape index (κ1) is 14.6. The van der Waals surface area contributed by atoms with Gasteiger partial charge in [0.25, 0.3) is 0 Å². The van der Waals surface area contributed by atoms with Crippen molar-refractivity contribution in [2.24, 2.45) is 0 Å². The van der Waals surface area contributed by atoms with Crippen LogP contribution < -0.4 is 5.32 Å². The SMILES string of the molecule is Cc1ccc(C(C)CCNc2cnc3ccccc3c2)cc1. The number of para-hydroxylation sites is 1. The molecule has 1 heterocycles. The molecule has 1 N–H and O–H groups in total. The molecule has 2 heteroatoms. The van der Waals surface area contributed by atoms with Crippen molar-refractivity contribution in [2.75, 3.05) is 11.9 Å². The number of anilines is 1. The molecule has 2 nitrogen and oxygen atoms in total. The molecule has 1 aromatic heterocycles. The summed E-state index contributed by atoms with van der Waals surface area (Å²) in [6.45, 7) is 5.36. The molecule has 22 heavy (non-hydrogen) atoms. The van der Waals surface area contributed by atoms with Crippen LogP contribution in [0.15, 0.2) is 60.8 Å². The van der Waals surface area contributed by atoms with E-state index in [1.165, 1.54) is 16.5 Å². The van der Waals surface area contributed by atoms with Crippen LogP contribution in [0.2, 0.25) is 0 Å². The normalized spacial score (nSPS) is 12.3. The lowest BCUT2D eigenvalue weighted by Gasteiger charge is -2.13. The van der Waals surface area contributed by atoms with E-state index >= 15 is 0 Å². The third kappa shape index (κ3) is 3.45. The molecule has 0 aliphatic heterocycles. The molecular formula is C20H22N2. The van der Waals surface area contributed by atoms with Crippen molar-refractivity contribution in [1.29, 1.82) is 0 Å². The summed E-state index contributed by atoms with van der Waals surface area (Å²) in [5.41, 5.74) is 4.86. The third-order valence-electron chi connectivity index (χ3n) is 4.14. The molecule has 0 bridgehead atoms. The fraction of sp³-hybridized carbons (Fsp3) is 0.250. The maximum atomic E-state index is 4.48. The Morgan fingerprint density at radius 1 is 1.05 bits per heavy atom. The van der Waals surface area contributed by atoms with Gasteiger partial charge >= 0.3 is 0 Å². The Bertz CT molecular complexity index is 747. The van der Waals surface area contributed by atoms with Crippen LogP contribution in [-0.2, 0) is 0 Å². The van der Waals surface area contributed by atoms with Gasteiger partial charge < -0.3 is 5.32 Å². The summed E-state index contributed by atoms with van der Waals surface area (Å²) in [5, 5.41) is 4.67. The molecule has 0 saturated carbocycles. The maximum absolute atomic E-state index is 4.48. The molecule has 3 aromatic rings. The maximum Gasteiger partial charge on any atom is 0.0703 e. The summed E-state index contributed by atoms with van der Waals surface area (Å²) in [6.07, 6.45) is 3.02. The van der Waals surface area contributed by atoms with Crippen molar-refractivity contribution in [3.8, 4) is 0 Å². The number of aromatic nitrogens is 1. The molecule has 2 aromatic carbocycles. The zero-order valence-corrected chi connectivity index (χ0v) is 13.2. The molecule has 0 aliphatic carbocycles. The monoisotopic (exact) mass is 290 g/mol. The van der Waals surface area contributed by atoms with Gasteiger partial charge in [0.05, 0.1) is 17.4 Å². The van der Waals surface area contributed by atoms with E-state index in [0.29, 0.717) is 5.92 Å². The van der Waals surface area contributed by atoms with Crippen molar-refractivity contribution >= 4 is 16.6 Å². The second-order valence-electron chi connectivity index (χ2n) is 5.94. The average Bonchev–Trinajstić information content (AvgIpc) is 2.55. The standard InChI is InChI=1S/C20H22N2/c1-15-7-9-17(10-8-15)16(2)11-12-21-19-13-18-5-3-4-6-20(18)22-14-19/h3-10,13-14,16,21H,11-12H2,1-2H3. The Hall–Kier alpha value is -2.35. The number of rotatable bonds is 5. The minimum absolute atomic E-state index is 0.557. The molecule has 0 spiro atoms. The molecule has 0 amide bonds. The smallest absolute Gasteiger partial charge is 0.0703 e. The molecule has 1 unspecified atom stereocenters. The highest BCUT2D eigenvalue weighted by molar-refractivity contribution is 5.81. The molecule has 0 aliphatic rings.